The SMILES string of the molecule is CCOc1ccc(NC(=O)N2CCC(n3cnc4cc(Cl)ccc4c3=O)CC2)cc1. The average molecular weight is 427 g/mol. The Morgan fingerprint density at radius 1 is 1.20 bits per heavy atom. The maximum absolute atomic E-state index is 12.8. The smallest absolute Gasteiger partial charge is 0.321 e. The first kappa shape index (κ1) is 20.2. The number of halogens is 1. The number of anilines is 1. The molecule has 0 spiro atoms. The Kier molecular flexibility index (Phi) is 5.90. The number of piperidine rings is 1. The molecule has 0 atom stereocenters. The van der Waals surface area contributed by atoms with Crippen molar-refractivity contribution < 1.29 is 9.53 Å². The number of carbonyl (C=O) groups excluding carboxylic acids is 1. The van der Waals surface area contributed by atoms with Crippen LogP contribution in [0, 0.1) is 0 Å². The first-order valence-corrected chi connectivity index (χ1v) is 10.4. The van der Waals surface area contributed by atoms with E-state index in [0.29, 0.717) is 48.5 Å². The fourth-order valence-corrected chi connectivity index (χ4v) is 3.89. The normalized spacial score (nSPS) is 14.7. The highest BCUT2D eigenvalue weighted by molar-refractivity contribution is 6.31. The van der Waals surface area contributed by atoms with Crippen molar-refractivity contribution in [3.63, 3.8) is 0 Å². The number of carbonyl (C=O) groups is 1. The third kappa shape index (κ3) is 4.26. The number of urea groups is 1. The Bertz CT molecular complexity index is 1110. The van der Waals surface area contributed by atoms with Crippen LogP contribution in [0.15, 0.2) is 53.6 Å². The summed E-state index contributed by atoms with van der Waals surface area (Å²) < 4.78 is 7.09. The number of nitrogens with one attached hydrogen (secondary N) is 1. The Balaban J connectivity index is 1.39. The second-order valence-electron chi connectivity index (χ2n) is 7.22. The fraction of sp³-hybridized carbons (Fsp3) is 0.318. The van der Waals surface area contributed by atoms with Crippen LogP contribution in [0.25, 0.3) is 10.9 Å². The molecule has 0 unspecified atom stereocenters. The predicted octanol–water partition coefficient (Wildman–Crippen LogP) is 4.32. The Labute approximate surface area is 179 Å². The summed E-state index contributed by atoms with van der Waals surface area (Å²) >= 11 is 5.99. The molecule has 1 aromatic heterocycles. The van der Waals surface area contributed by atoms with Gasteiger partial charge >= 0.3 is 6.03 Å². The summed E-state index contributed by atoms with van der Waals surface area (Å²) in [7, 11) is 0. The number of benzene rings is 2. The van der Waals surface area contributed by atoms with Crippen LogP contribution >= 0.6 is 11.6 Å². The number of amides is 2. The van der Waals surface area contributed by atoms with Crippen LogP contribution in [0.5, 0.6) is 5.75 Å². The van der Waals surface area contributed by atoms with E-state index in [1.54, 1.807) is 34.0 Å². The number of nitrogens with zero attached hydrogens (tertiary/aromatic N) is 3. The largest absolute Gasteiger partial charge is 0.494 e. The lowest BCUT2D eigenvalue weighted by molar-refractivity contribution is 0.182. The Morgan fingerprint density at radius 2 is 1.93 bits per heavy atom. The van der Waals surface area contributed by atoms with E-state index < -0.39 is 0 Å². The second kappa shape index (κ2) is 8.75. The van der Waals surface area contributed by atoms with Crippen LogP contribution in [-0.2, 0) is 0 Å². The lowest BCUT2D eigenvalue weighted by Crippen LogP contribution is -2.42. The fourth-order valence-electron chi connectivity index (χ4n) is 3.72. The minimum atomic E-state index is -0.142. The van der Waals surface area contributed by atoms with Crippen molar-refractivity contribution in [1.82, 2.24) is 14.5 Å². The van der Waals surface area contributed by atoms with Crippen molar-refractivity contribution in [3.05, 3.63) is 64.2 Å². The molecule has 0 bridgehead atoms. The molecular formula is C22H23ClN4O3. The minimum Gasteiger partial charge on any atom is -0.494 e. The molecule has 1 N–H and O–H groups in total. The summed E-state index contributed by atoms with van der Waals surface area (Å²) in [5.41, 5.74) is 1.24. The molecule has 2 heterocycles. The highest BCUT2D eigenvalue weighted by atomic mass is 35.5. The van der Waals surface area contributed by atoms with Crippen LogP contribution in [0.1, 0.15) is 25.8 Å². The summed E-state index contributed by atoms with van der Waals surface area (Å²) in [6.07, 6.45) is 2.97. The van der Waals surface area contributed by atoms with E-state index in [2.05, 4.69) is 10.3 Å². The molecule has 2 aromatic carbocycles. The second-order valence-corrected chi connectivity index (χ2v) is 7.66. The standard InChI is InChI=1S/C22H23ClN4O3/c1-2-30-18-6-4-16(5-7-18)25-22(29)26-11-9-17(10-12-26)27-14-24-20-13-15(23)3-8-19(20)21(27)28/h3-8,13-14,17H,2,9-12H2,1H3,(H,25,29). The molecule has 2 amide bonds. The van der Waals surface area contributed by atoms with E-state index in [4.69, 9.17) is 16.3 Å². The zero-order valence-electron chi connectivity index (χ0n) is 16.7. The van der Waals surface area contributed by atoms with Gasteiger partial charge < -0.3 is 15.0 Å². The lowest BCUT2D eigenvalue weighted by Gasteiger charge is -2.32. The van der Waals surface area contributed by atoms with Gasteiger partial charge in [-0.15, -0.1) is 0 Å². The first-order chi connectivity index (χ1) is 14.5. The van der Waals surface area contributed by atoms with E-state index in [1.165, 1.54) is 0 Å². The Morgan fingerprint density at radius 3 is 2.63 bits per heavy atom. The molecule has 4 rings (SSSR count). The van der Waals surface area contributed by atoms with Gasteiger partial charge in [0.1, 0.15) is 5.75 Å². The van der Waals surface area contributed by atoms with E-state index in [-0.39, 0.29) is 17.6 Å². The van der Waals surface area contributed by atoms with Crippen molar-refractivity contribution >= 4 is 34.2 Å². The number of hydrogen-bond acceptors (Lipinski definition) is 4. The molecule has 0 radical (unpaired) electrons. The number of fused-ring (bicyclic) bond motifs is 1. The van der Waals surface area contributed by atoms with Gasteiger partial charge in [0.05, 0.1) is 23.8 Å². The molecule has 0 aliphatic carbocycles. The van der Waals surface area contributed by atoms with E-state index >= 15 is 0 Å². The third-order valence-electron chi connectivity index (χ3n) is 5.31. The molecule has 0 saturated carbocycles. The Hall–Kier alpha value is -3.06. The van der Waals surface area contributed by atoms with Gasteiger partial charge in [0, 0.05) is 29.8 Å². The lowest BCUT2D eigenvalue weighted by atomic mass is 10.0. The molecule has 1 saturated heterocycles. The van der Waals surface area contributed by atoms with Gasteiger partial charge in [0.2, 0.25) is 0 Å². The third-order valence-corrected chi connectivity index (χ3v) is 5.54. The summed E-state index contributed by atoms with van der Waals surface area (Å²) in [6.45, 7) is 3.67. The van der Waals surface area contributed by atoms with Crippen LogP contribution < -0.4 is 15.6 Å². The molecular weight excluding hydrogens is 404 g/mol. The summed E-state index contributed by atoms with van der Waals surface area (Å²) in [5.74, 6) is 0.771. The van der Waals surface area contributed by atoms with Crippen LogP contribution in [0.4, 0.5) is 10.5 Å². The van der Waals surface area contributed by atoms with Gasteiger partial charge in [-0.2, -0.15) is 0 Å². The summed E-state index contributed by atoms with van der Waals surface area (Å²) in [6, 6.07) is 12.3. The minimum absolute atomic E-state index is 0.0135. The maximum atomic E-state index is 12.8. The summed E-state index contributed by atoms with van der Waals surface area (Å²) in [4.78, 5) is 31.6. The number of likely N-dealkylation sites (tertiary alicyclic amines) is 1. The molecule has 156 valence electrons. The molecule has 3 aromatic rings. The van der Waals surface area contributed by atoms with Crippen molar-refractivity contribution in [3.8, 4) is 5.75 Å². The molecule has 1 aliphatic rings. The first-order valence-electron chi connectivity index (χ1n) is 10.0. The van der Waals surface area contributed by atoms with Crippen LogP contribution in [0.2, 0.25) is 5.02 Å². The zero-order valence-corrected chi connectivity index (χ0v) is 17.4. The average Bonchev–Trinajstić information content (AvgIpc) is 2.75. The van der Waals surface area contributed by atoms with E-state index in [0.717, 1.165) is 11.4 Å². The van der Waals surface area contributed by atoms with Crippen LogP contribution in [-0.4, -0.2) is 40.2 Å². The van der Waals surface area contributed by atoms with Crippen LogP contribution in [0.3, 0.4) is 0 Å². The van der Waals surface area contributed by atoms with Gasteiger partial charge in [-0.3, -0.25) is 9.36 Å². The van der Waals surface area contributed by atoms with E-state index in [1.807, 2.05) is 31.2 Å². The highest BCUT2D eigenvalue weighted by Gasteiger charge is 2.25. The monoisotopic (exact) mass is 426 g/mol. The van der Waals surface area contributed by atoms with Crippen molar-refractivity contribution in [2.75, 3.05) is 25.0 Å². The van der Waals surface area contributed by atoms with Crippen molar-refractivity contribution in [2.45, 2.75) is 25.8 Å². The van der Waals surface area contributed by atoms with E-state index in [9.17, 15) is 9.59 Å². The van der Waals surface area contributed by atoms with Gasteiger partial charge in [0.15, 0.2) is 0 Å². The molecule has 7 nitrogen and oxygen atoms in total. The number of rotatable bonds is 4. The number of hydrogen-bond donors (Lipinski definition) is 1. The predicted molar refractivity (Wildman–Crippen MR) is 117 cm³/mol. The number of aromatic nitrogens is 2. The van der Waals surface area contributed by atoms with Gasteiger partial charge in [0.25, 0.3) is 5.56 Å². The van der Waals surface area contributed by atoms with Crippen molar-refractivity contribution in [2.24, 2.45) is 0 Å². The quantitative estimate of drug-likeness (QED) is 0.674. The summed E-state index contributed by atoms with van der Waals surface area (Å²) in [5, 5.41) is 4.02. The molecule has 1 fully saturated rings. The molecule has 1 aliphatic heterocycles. The maximum Gasteiger partial charge on any atom is 0.321 e. The number of ether oxygens (including phenoxy) is 1. The van der Waals surface area contributed by atoms with Crippen molar-refractivity contribution in [1.29, 1.82) is 0 Å². The van der Waals surface area contributed by atoms with Gasteiger partial charge in [-0.05, 0) is 62.2 Å². The molecule has 8 heteroatoms. The topological polar surface area (TPSA) is 76.5 Å². The highest BCUT2D eigenvalue weighted by Crippen LogP contribution is 2.23. The zero-order chi connectivity index (χ0) is 21.1. The molecule has 30 heavy (non-hydrogen) atoms. The van der Waals surface area contributed by atoms with Gasteiger partial charge in [-0.25, -0.2) is 9.78 Å². The van der Waals surface area contributed by atoms with Gasteiger partial charge in [-0.1, -0.05) is 11.6 Å².